The highest BCUT2D eigenvalue weighted by Crippen LogP contribution is 2.08. The van der Waals surface area contributed by atoms with E-state index in [1.807, 2.05) is 0 Å². The molecule has 0 saturated carbocycles. The molecule has 2 rings (SSSR count). The Labute approximate surface area is 134 Å². The molecule has 5 nitrogen and oxygen atoms in total. The Hall–Kier alpha value is -1.99. The van der Waals surface area contributed by atoms with Gasteiger partial charge in [-0.25, -0.2) is 8.42 Å². The summed E-state index contributed by atoms with van der Waals surface area (Å²) in [6.45, 7) is 0.349. The average molecular weight is 336 g/mol. The Balaban J connectivity index is 1.99. The summed E-state index contributed by atoms with van der Waals surface area (Å²) in [5.74, 6) is -0.235. The quantitative estimate of drug-likeness (QED) is 0.821. The summed E-state index contributed by atoms with van der Waals surface area (Å²) in [5, 5.41) is 2.78. The maximum atomic E-state index is 12.0. The Bertz CT molecular complexity index is 824. The number of rotatable bonds is 5. The van der Waals surface area contributed by atoms with Crippen molar-refractivity contribution < 1.29 is 13.2 Å². The maximum Gasteiger partial charge on any atom is 0.254 e. The van der Waals surface area contributed by atoms with Gasteiger partial charge in [0.2, 0.25) is 0 Å². The lowest BCUT2D eigenvalue weighted by molar-refractivity contribution is 0.0950. The van der Waals surface area contributed by atoms with Crippen molar-refractivity contribution in [1.29, 1.82) is 0 Å². The third kappa shape index (κ3) is 4.78. The van der Waals surface area contributed by atoms with Crippen LogP contribution in [0.3, 0.4) is 0 Å². The van der Waals surface area contributed by atoms with Crippen LogP contribution >= 0.6 is 12.2 Å². The molecule has 0 bridgehead atoms. The van der Waals surface area contributed by atoms with Gasteiger partial charge in [0.15, 0.2) is 9.84 Å². The van der Waals surface area contributed by atoms with E-state index in [0.29, 0.717) is 16.7 Å². The fourth-order valence-electron chi connectivity index (χ4n) is 1.93. The lowest BCUT2D eigenvalue weighted by Gasteiger charge is -2.06. The lowest BCUT2D eigenvalue weighted by Crippen LogP contribution is -2.23. The predicted molar refractivity (Wildman–Crippen MR) is 87.8 cm³/mol. The zero-order chi connectivity index (χ0) is 16.2. The minimum Gasteiger partial charge on any atom is -0.352 e. The smallest absolute Gasteiger partial charge is 0.254 e. The van der Waals surface area contributed by atoms with E-state index >= 15 is 0 Å². The number of aromatic nitrogens is 1. The van der Waals surface area contributed by atoms with Crippen LogP contribution in [0.15, 0.2) is 42.6 Å². The predicted octanol–water partition coefficient (Wildman–Crippen LogP) is 2.22. The van der Waals surface area contributed by atoms with Crippen LogP contribution in [0.2, 0.25) is 0 Å². The van der Waals surface area contributed by atoms with Gasteiger partial charge in [-0.3, -0.25) is 4.79 Å². The van der Waals surface area contributed by atoms with Crippen molar-refractivity contribution in [2.75, 3.05) is 6.26 Å². The minimum absolute atomic E-state index is 0.0127. The first kappa shape index (κ1) is 16.4. The number of hydrogen-bond acceptors (Lipinski definition) is 4. The molecule has 22 heavy (non-hydrogen) atoms. The third-order valence-corrected chi connectivity index (χ3v) is 4.16. The van der Waals surface area contributed by atoms with Crippen molar-refractivity contribution >= 4 is 28.0 Å². The zero-order valence-corrected chi connectivity index (χ0v) is 13.6. The summed E-state index contributed by atoms with van der Waals surface area (Å²) in [6, 6.07) is 10.5. The number of aromatic amines is 1. The van der Waals surface area contributed by atoms with Gasteiger partial charge < -0.3 is 10.3 Å². The lowest BCUT2D eigenvalue weighted by atomic mass is 10.1. The van der Waals surface area contributed by atoms with Crippen molar-refractivity contribution in [2.24, 2.45) is 0 Å². The largest absolute Gasteiger partial charge is 0.352 e. The number of pyridine rings is 1. The molecule has 0 saturated heterocycles. The summed E-state index contributed by atoms with van der Waals surface area (Å²) in [4.78, 5) is 14.8. The van der Waals surface area contributed by atoms with Crippen molar-refractivity contribution in [3.8, 4) is 0 Å². The molecule has 0 atom stereocenters. The fraction of sp³-hybridized carbons (Fsp3) is 0.200. The van der Waals surface area contributed by atoms with E-state index < -0.39 is 9.84 Å². The van der Waals surface area contributed by atoms with Crippen molar-refractivity contribution in [3.63, 3.8) is 0 Å². The molecular formula is C15H16N2O3S2. The molecule has 2 aromatic rings. The SMILES string of the molecule is CS(=O)(=O)Cc1ccc(CNC(=O)c2ccc[nH]c2=S)cc1. The number of nitrogens with one attached hydrogen (secondary N) is 2. The number of amides is 1. The second-order valence-electron chi connectivity index (χ2n) is 4.98. The fourth-order valence-corrected chi connectivity index (χ4v) is 2.96. The molecule has 116 valence electrons. The van der Waals surface area contributed by atoms with Gasteiger partial charge in [-0.15, -0.1) is 0 Å². The first-order valence-electron chi connectivity index (χ1n) is 6.56. The monoisotopic (exact) mass is 336 g/mol. The highest BCUT2D eigenvalue weighted by atomic mass is 32.2. The summed E-state index contributed by atoms with van der Waals surface area (Å²) in [6.07, 6.45) is 2.87. The number of carbonyl (C=O) groups is 1. The molecule has 1 heterocycles. The Morgan fingerprint density at radius 2 is 1.82 bits per heavy atom. The standard InChI is InChI=1S/C15H16N2O3S2/c1-22(19,20)10-12-6-4-11(5-7-12)9-17-14(18)13-3-2-8-16-15(13)21/h2-8H,9-10H2,1H3,(H,16,21)(H,17,18). The van der Waals surface area contributed by atoms with Crippen LogP contribution in [0, 0.1) is 4.64 Å². The maximum absolute atomic E-state index is 12.0. The zero-order valence-electron chi connectivity index (χ0n) is 12.0. The molecule has 0 aliphatic heterocycles. The molecular weight excluding hydrogens is 320 g/mol. The third-order valence-electron chi connectivity index (χ3n) is 2.97. The van der Waals surface area contributed by atoms with Crippen LogP contribution < -0.4 is 5.32 Å². The van der Waals surface area contributed by atoms with Gasteiger partial charge >= 0.3 is 0 Å². The second-order valence-corrected chi connectivity index (χ2v) is 7.53. The highest BCUT2D eigenvalue weighted by Gasteiger charge is 2.07. The van der Waals surface area contributed by atoms with E-state index in [1.165, 1.54) is 6.26 Å². The van der Waals surface area contributed by atoms with Crippen molar-refractivity contribution in [3.05, 3.63) is 63.9 Å². The number of hydrogen-bond donors (Lipinski definition) is 2. The molecule has 0 aliphatic rings. The number of H-pyrrole nitrogens is 1. The van der Waals surface area contributed by atoms with Crippen LogP contribution in [0.4, 0.5) is 0 Å². The molecule has 1 aromatic heterocycles. The summed E-state index contributed by atoms with van der Waals surface area (Å²) in [7, 11) is -3.04. The first-order valence-corrected chi connectivity index (χ1v) is 9.03. The Kier molecular flexibility index (Phi) is 5.10. The van der Waals surface area contributed by atoms with Crippen LogP contribution in [0.1, 0.15) is 21.5 Å². The Morgan fingerprint density at radius 1 is 1.18 bits per heavy atom. The van der Waals surface area contributed by atoms with Gasteiger partial charge in [-0.1, -0.05) is 36.5 Å². The van der Waals surface area contributed by atoms with E-state index in [1.54, 1.807) is 42.6 Å². The molecule has 0 unspecified atom stereocenters. The molecule has 0 aliphatic carbocycles. The molecule has 0 fully saturated rings. The van der Waals surface area contributed by atoms with Crippen LogP contribution in [0.5, 0.6) is 0 Å². The summed E-state index contributed by atoms with van der Waals surface area (Å²) in [5.41, 5.74) is 2.03. The van der Waals surface area contributed by atoms with Gasteiger partial charge in [0, 0.05) is 19.0 Å². The molecule has 1 amide bonds. The van der Waals surface area contributed by atoms with Crippen LogP contribution in [-0.4, -0.2) is 25.6 Å². The molecule has 0 radical (unpaired) electrons. The summed E-state index contributed by atoms with van der Waals surface area (Å²) < 4.78 is 22.8. The van der Waals surface area contributed by atoms with Gasteiger partial charge in [-0.05, 0) is 23.3 Å². The second kappa shape index (κ2) is 6.85. The Morgan fingerprint density at radius 3 is 2.41 bits per heavy atom. The van der Waals surface area contributed by atoms with E-state index in [2.05, 4.69) is 10.3 Å². The molecule has 7 heteroatoms. The summed E-state index contributed by atoms with van der Waals surface area (Å²) >= 11 is 5.05. The topological polar surface area (TPSA) is 79.0 Å². The van der Waals surface area contributed by atoms with Crippen molar-refractivity contribution in [2.45, 2.75) is 12.3 Å². The highest BCUT2D eigenvalue weighted by molar-refractivity contribution is 7.89. The normalized spacial score (nSPS) is 11.1. The van der Waals surface area contributed by atoms with Gasteiger partial charge in [0.1, 0.15) is 4.64 Å². The minimum atomic E-state index is -3.04. The van der Waals surface area contributed by atoms with Crippen LogP contribution in [-0.2, 0) is 22.1 Å². The number of benzene rings is 1. The van der Waals surface area contributed by atoms with E-state index in [-0.39, 0.29) is 11.7 Å². The number of carbonyl (C=O) groups excluding carboxylic acids is 1. The van der Waals surface area contributed by atoms with Crippen LogP contribution in [0.25, 0.3) is 0 Å². The average Bonchev–Trinajstić information content (AvgIpc) is 2.45. The number of sulfone groups is 1. The van der Waals surface area contributed by atoms with Gasteiger partial charge in [-0.2, -0.15) is 0 Å². The molecule has 2 N–H and O–H groups in total. The van der Waals surface area contributed by atoms with E-state index in [0.717, 1.165) is 11.1 Å². The molecule has 1 aromatic carbocycles. The molecule has 0 spiro atoms. The van der Waals surface area contributed by atoms with Gasteiger partial charge in [0.05, 0.1) is 11.3 Å². The van der Waals surface area contributed by atoms with E-state index in [4.69, 9.17) is 12.2 Å². The first-order chi connectivity index (χ1) is 10.3. The van der Waals surface area contributed by atoms with E-state index in [9.17, 15) is 13.2 Å². The van der Waals surface area contributed by atoms with Gasteiger partial charge in [0.25, 0.3) is 5.91 Å². The van der Waals surface area contributed by atoms with Crippen molar-refractivity contribution in [1.82, 2.24) is 10.3 Å².